The molecule has 0 amide bonds. The molecule has 3 heterocycles. The first kappa shape index (κ1) is 64.6. The maximum atomic E-state index is 11.1. The van der Waals surface area contributed by atoms with Gasteiger partial charge in [0.05, 0.1) is 185 Å². The van der Waals surface area contributed by atoms with Gasteiger partial charge >= 0.3 is 0 Å². The predicted molar refractivity (Wildman–Crippen MR) is 393 cm³/mol. The highest BCUT2D eigenvalue weighted by molar-refractivity contribution is 6.15. The van der Waals surface area contributed by atoms with E-state index in [9.17, 15) is 68.4 Å². The SMILES string of the molecule is N#Cc1cc(C#N)c(-c2ccc3c(c2)c2cc(-c4c(C#N)cc(C#N)cc4C#N)ccc2n3-c2ccc(-c3nc(-c4ccccc4)nc(-c4ccccc4)n3)cc2-c2ccc(C#N)cc2-n2c3ccc(-c4c(C#N)cc(C#N)cc4C#N)cc3c3cc(-c4c(C#N)cc(C#N)cc4C#N)ccc32)c(C#N)c1. The number of nitriles is 13. The third-order valence-corrected chi connectivity index (χ3v) is 18.6. The topological polar surface area (TPSA) is 358 Å². The third kappa shape index (κ3) is 10.8. The quantitative estimate of drug-likeness (QED) is 0.123. The second kappa shape index (κ2) is 26.5. The monoisotopic (exact) mass is 1340 g/mol. The van der Waals surface area contributed by atoms with Gasteiger partial charge < -0.3 is 9.13 Å². The highest BCUT2D eigenvalue weighted by Crippen LogP contribution is 2.47. The second-order valence-corrected chi connectivity index (χ2v) is 24.3. The number of benzene rings is 12. The molecule has 0 aliphatic rings. The first-order chi connectivity index (χ1) is 51.9. The molecular weight excluding hydrogens is 1310 g/mol. The summed E-state index contributed by atoms with van der Waals surface area (Å²) in [5.41, 5.74) is 10.3. The predicted octanol–water partition coefficient (Wildman–Crippen LogP) is 17.7. The molecule has 18 heteroatoms. The number of hydrogen-bond donors (Lipinski definition) is 0. The highest BCUT2D eigenvalue weighted by Gasteiger charge is 2.27. The van der Waals surface area contributed by atoms with Crippen molar-refractivity contribution in [2.75, 3.05) is 0 Å². The molecule has 15 rings (SSSR count). The van der Waals surface area contributed by atoms with Crippen LogP contribution in [0.1, 0.15) is 72.3 Å². The van der Waals surface area contributed by atoms with Crippen LogP contribution in [0, 0.1) is 147 Å². The number of hydrogen-bond acceptors (Lipinski definition) is 16. The van der Waals surface area contributed by atoms with E-state index in [4.69, 9.17) is 15.0 Å². The van der Waals surface area contributed by atoms with E-state index in [1.807, 2.05) is 155 Å². The minimum Gasteiger partial charge on any atom is -0.309 e. The van der Waals surface area contributed by atoms with Crippen LogP contribution in [0.3, 0.4) is 0 Å². The highest BCUT2D eigenvalue weighted by atomic mass is 15.0. The lowest BCUT2D eigenvalue weighted by atomic mass is 9.91. The van der Waals surface area contributed by atoms with Crippen molar-refractivity contribution in [2.24, 2.45) is 0 Å². The van der Waals surface area contributed by atoms with Crippen LogP contribution < -0.4 is 0 Å². The van der Waals surface area contributed by atoms with Gasteiger partial charge in [-0.3, -0.25) is 0 Å². The average Bonchev–Trinajstić information content (AvgIpc) is 1.55. The van der Waals surface area contributed by atoms with Crippen molar-refractivity contribution >= 4 is 43.6 Å². The smallest absolute Gasteiger partial charge is 0.164 e. The molecule has 0 atom stereocenters. The summed E-state index contributed by atoms with van der Waals surface area (Å²) in [6.45, 7) is 0. The van der Waals surface area contributed by atoms with Crippen LogP contribution in [0.15, 0.2) is 218 Å². The van der Waals surface area contributed by atoms with Crippen molar-refractivity contribution in [3.8, 4) is 180 Å². The molecule has 0 saturated heterocycles. The van der Waals surface area contributed by atoms with Crippen molar-refractivity contribution in [1.29, 1.82) is 68.4 Å². The Labute approximate surface area is 603 Å². The van der Waals surface area contributed by atoms with Crippen LogP contribution in [0.2, 0.25) is 0 Å². The third-order valence-electron chi connectivity index (χ3n) is 18.6. The summed E-state index contributed by atoms with van der Waals surface area (Å²) in [5, 5.41) is 139. The molecule has 15 aromatic rings. The zero-order chi connectivity index (χ0) is 73.4. The molecular formula is C88H36N18. The van der Waals surface area contributed by atoms with Gasteiger partial charge in [-0.25, -0.2) is 15.0 Å². The molecule has 0 aliphatic heterocycles. The standard InChI is InChI=1S/C88H36N18/c89-37-50-11-17-70(81(31-50)106-79-20-14-59(84-66(46-98)27-53(40-92)28-67(84)47-99)34-74(79)75-35-60(15-21-80(75)106)85-68(48-100)29-54(41-93)30-69(85)49-101)71-36-61(88-103-86(55-7-3-1-4-8-55)102-87(104-88)56-9-5-2-6-10-56)16-22-76(71)105-77-18-12-57(82-62(42-94)23-51(38-90)24-63(82)43-95)32-72(77)73-33-58(13-19-78(73)105)83-64(44-96)25-52(39-91)26-65(83)45-97/h1-36H. The lowest BCUT2D eigenvalue weighted by Crippen LogP contribution is -2.04. The zero-order valence-electron chi connectivity index (χ0n) is 54.8. The van der Waals surface area contributed by atoms with Crippen molar-refractivity contribution in [3.63, 3.8) is 0 Å². The number of rotatable bonds is 10. The molecule has 0 spiro atoms. The van der Waals surface area contributed by atoms with Crippen molar-refractivity contribution in [1.82, 2.24) is 24.1 Å². The Kier molecular flexibility index (Phi) is 16.1. The van der Waals surface area contributed by atoms with Crippen molar-refractivity contribution in [2.45, 2.75) is 0 Å². The van der Waals surface area contributed by atoms with E-state index < -0.39 is 0 Å². The first-order valence-electron chi connectivity index (χ1n) is 32.2. The molecule has 0 N–H and O–H groups in total. The van der Waals surface area contributed by atoms with Gasteiger partial charge in [-0.1, -0.05) is 91.0 Å². The van der Waals surface area contributed by atoms with Crippen LogP contribution >= 0.6 is 0 Å². The van der Waals surface area contributed by atoms with E-state index in [2.05, 4.69) is 66.8 Å². The lowest BCUT2D eigenvalue weighted by Gasteiger charge is -2.20. The Hall–Kier alpha value is -17.4. The average molecular weight is 1350 g/mol. The molecule has 12 aromatic carbocycles. The lowest BCUT2D eigenvalue weighted by molar-refractivity contribution is 1.07. The zero-order valence-corrected chi connectivity index (χ0v) is 54.8. The number of nitrogens with zero attached hydrogens (tertiary/aromatic N) is 18. The van der Waals surface area contributed by atoms with E-state index in [0.29, 0.717) is 117 Å². The molecule has 18 nitrogen and oxygen atoms in total. The molecule has 0 unspecified atom stereocenters. The Morgan fingerprint density at radius 2 is 0.491 bits per heavy atom. The summed E-state index contributed by atoms with van der Waals surface area (Å²) in [7, 11) is 0. The van der Waals surface area contributed by atoms with Crippen molar-refractivity contribution < 1.29 is 0 Å². The van der Waals surface area contributed by atoms with Crippen LogP contribution in [-0.2, 0) is 0 Å². The Bertz CT molecular complexity index is 6560. The Morgan fingerprint density at radius 3 is 0.783 bits per heavy atom. The van der Waals surface area contributed by atoms with Gasteiger partial charge in [0.25, 0.3) is 0 Å². The van der Waals surface area contributed by atoms with Crippen LogP contribution in [0.5, 0.6) is 0 Å². The van der Waals surface area contributed by atoms with Gasteiger partial charge in [0, 0.05) is 71.6 Å². The largest absolute Gasteiger partial charge is 0.309 e. The number of aromatic nitrogens is 5. The normalized spacial score (nSPS) is 10.5. The first-order valence-corrected chi connectivity index (χ1v) is 32.2. The van der Waals surface area contributed by atoms with Crippen molar-refractivity contribution in [3.05, 3.63) is 291 Å². The Morgan fingerprint density at radius 1 is 0.208 bits per heavy atom. The fraction of sp³-hybridized carbons (Fsp3) is 0. The van der Waals surface area contributed by atoms with Gasteiger partial charge in [-0.05, 0) is 150 Å². The van der Waals surface area contributed by atoms with E-state index >= 15 is 0 Å². The van der Waals surface area contributed by atoms with Crippen LogP contribution in [0.25, 0.3) is 145 Å². The molecule has 0 saturated carbocycles. The molecule has 0 radical (unpaired) electrons. The maximum absolute atomic E-state index is 11.1. The van der Waals surface area contributed by atoms with Crippen LogP contribution in [0.4, 0.5) is 0 Å². The minimum atomic E-state index is 0.0642. The molecule has 0 bridgehead atoms. The summed E-state index contributed by atoms with van der Waals surface area (Å²) in [4.78, 5) is 15.4. The van der Waals surface area contributed by atoms with Gasteiger partial charge in [-0.2, -0.15) is 68.4 Å². The summed E-state index contributed by atoms with van der Waals surface area (Å²) >= 11 is 0. The van der Waals surface area contributed by atoms with Gasteiger partial charge in [0.15, 0.2) is 17.5 Å². The van der Waals surface area contributed by atoms with Gasteiger partial charge in [0.2, 0.25) is 0 Å². The molecule has 0 aliphatic carbocycles. The number of fused-ring (bicyclic) bond motifs is 6. The van der Waals surface area contributed by atoms with Gasteiger partial charge in [0.1, 0.15) is 0 Å². The summed E-state index contributed by atoms with van der Waals surface area (Å²) in [6, 6.07) is 91.1. The van der Waals surface area contributed by atoms with Gasteiger partial charge in [-0.15, -0.1) is 0 Å². The molecule has 106 heavy (non-hydrogen) atoms. The summed E-state index contributed by atoms with van der Waals surface area (Å²) < 4.78 is 4.00. The van der Waals surface area contributed by atoms with E-state index in [-0.39, 0.29) is 100 Å². The maximum Gasteiger partial charge on any atom is 0.164 e. The van der Waals surface area contributed by atoms with E-state index in [1.165, 1.54) is 48.5 Å². The Balaban J connectivity index is 1.08. The fourth-order valence-electron chi connectivity index (χ4n) is 14.0. The second-order valence-electron chi connectivity index (χ2n) is 24.3. The molecule has 478 valence electrons. The van der Waals surface area contributed by atoms with E-state index in [1.54, 1.807) is 36.4 Å². The molecule has 3 aromatic heterocycles. The van der Waals surface area contributed by atoms with Crippen LogP contribution in [-0.4, -0.2) is 24.1 Å². The van der Waals surface area contributed by atoms with E-state index in [0.717, 1.165) is 0 Å². The molecule has 0 fully saturated rings. The summed E-state index contributed by atoms with van der Waals surface area (Å²) in [5.74, 6) is 1.04. The fourth-order valence-corrected chi connectivity index (χ4v) is 14.0. The minimum absolute atomic E-state index is 0.0642. The summed E-state index contributed by atoms with van der Waals surface area (Å²) in [6.07, 6.45) is 0.